The largest absolute Gasteiger partial charge is 0.493 e. The average Bonchev–Trinajstić information content (AvgIpc) is 2.75. The number of hydrogen-bond donors (Lipinski definition) is 1. The molecule has 1 aliphatic heterocycles. The van der Waals surface area contributed by atoms with E-state index >= 15 is 0 Å². The lowest BCUT2D eigenvalue weighted by Crippen LogP contribution is -2.35. The minimum atomic E-state index is -3.48. The van der Waals surface area contributed by atoms with Gasteiger partial charge in [-0.15, -0.1) is 0 Å². The van der Waals surface area contributed by atoms with E-state index in [0.717, 1.165) is 41.7 Å². The Balaban J connectivity index is 1.52. The molecule has 0 aliphatic carbocycles. The summed E-state index contributed by atoms with van der Waals surface area (Å²) in [5.74, 6) is 0.687. The molecule has 1 fully saturated rings. The van der Waals surface area contributed by atoms with E-state index in [-0.39, 0.29) is 23.8 Å². The predicted molar refractivity (Wildman–Crippen MR) is 117 cm³/mol. The minimum Gasteiger partial charge on any atom is -0.493 e. The summed E-state index contributed by atoms with van der Waals surface area (Å²) in [5, 5.41) is 2.85. The molecule has 0 spiro atoms. The highest BCUT2D eigenvalue weighted by atomic mass is 32.2. The lowest BCUT2D eigenvalue weighted by Gasteiger charge is -2.26. The summed E-state index contributed by atoms with van der Waals surface area (Å²) < 4.78 is 33.0. The maximum Gasteiger partial charge on any atom is 0.243 e. The molecule has 1 amide bonds. The summed E-state index contributed by atoms with van der Waals surface area (Å²) in [7, 11) is -3.48. The molecule has 1 aliphatic rings. The lowest BCUT2D eigenvalue weighted by molar-refractivity contribution is -0.121. The Labute approximate surface area is 179 Å². The zero-order chi connectivity index (χ0) is 21.6. The Morgan fingerprint density at radius 1 is 1.03 bits per heavy atom. The topological polar surface area (TPSA) is 75.7 Å². The third-order valence-electron chi connectivity index (χ3n) is 5.33. The Bertz CT molecular complexity index is 962. The normalized spacial score (nSPS) is 15.0. The van der Waals surface area contributed by atoms with E-state index in [9.17, 15) is 13.2 Å². The number of rotatable bonds is 8. The van der Waals surface area contributed by atoms with Gasteiger partial charge in [-0.2, -0.15) is 4.31 Å². The van der Waals surface area contributed by atoms with Gasteiger partial charge in [0.1, 0.15) is 5.75 Å². The Morgan fingerprint density at radius 3 is 2.40 bits per heavy atom. The second kappa shape index (κ2) is 10.1. The summed E-state index contributed by atoms with van der Waals surface area (Å²) in [5.41, 5.74) is 2.85. The van der Waals surface area contributed by atoms with Gasteiger partial charge in [0.15, 0.2) is 0 Å². The molecule has 2 aromatic rings. The van der Waals surface area contributed by atoms with Gasteiger partial charge >= 0.3 is 0 Å². The number of piperidine rings is 1. The molecule has 0 saturated carbocycles. The van der Waals surface area contributed by atoms with Crippen molar-refractivity contribution in [3.63, 3.8) is 0 Å². The first-order chi connectivity index (χ1) is 14.4. The smallest absolute Gasteiger partial charge is 0.243 e. The first kappa shape index (κ1) is 22.3. The van der Waals surface area contributed by atoms with Crippen LogP contribution in [0.2, 0.25) is 0 Å². The van der Waals surface area contributed by atoms with Crippen molar-refractivity contribution < 1.29 is 17.9 Å². The van der Waals surface area contributed by atoms with E-state index in [4.69, 9.17) is 4.74 Å². The number of benzene rings is 2. The van der Waals surface area contributed by atoms with Crippen molar-refractivity contribution in [2.75, 3.05) is 19.7 Å². The van der Waals surface area contributed by atoms with Crippen molar-refractivity contribution in [2.45, 2.75) is 51.0 Å². The molecule has 6 nitrogen and oxygen atoms in total. The van der Waals surface area contributed by atoms with Gasteiger partial charge in [0.05, 0.1) is 17.9 Å². The molecule has 0 bridgehead atoms. The number of para-hydroxylation sites is 1. The van der Waals surface area contributed by atoms with Gasteiger partial charge < -0.3 is 10.1 Å². The van der Waals surface area contributed by atoms with Crippen molar-refractivity contribution in [1.29, 1.82) is 0 Å². The molecular weight excluding hydrogens is 400 g/mol. The summed E-state index contributed by atoms with van der Waals surface area (Å²) in [6, 6.07) is 12.8. The number of nitrogens with one attached hydrogen (secondary N) is 1. The minimum absolute atomic E-state index is 0.134. The molecule has 162 valence electrons. The van der Waals surface area contributed by atoms with E-state index in [0.29, 0.717) is 19.7 Å². The van der Waals surface area contributed by atoms with Crippen LogP contribution in [0.15, 0.2) is 47.4 Å². The first-order valence-corrected chi connectivity index (χ1v) is 11.9. The number of aryl methyl sites for hydroxylation is 2. The zero-order valence-corrected chi connectivity index (χ0v) is 18.5. The summed E-state index contributed by atoms with van der Waals surface area (Å²) >= 11 is 0. The molecule has 1 saturated heterocycles. The predicted octanol–water partition coefficient (Wildman–Crippen LogP) is 3.56. The SMILES string of the molecule is Cc1cccc(C)c1OCCC(=O)NCc1cccc(S(=O)(=O)N2CCCCC2)c1. The fourth-order valence-electron chi connectivity index (χ4n) is 3.63. The standard InChI is InChI=1S/C23H30N2O4S/c1-18-8-6-9-19(2)23(18)29-15-12-22(26)24-17-20-10-7-11-21(16-20)30(27,28)25-13-4-3-5-14-25/h6-11,16H,3-5,12-15,17H2,1-2H3,(H,24,26). The number of nitrogens with zero attached hydrogens (tertiary/aromatic N) is 1. The van der Waals surface area contributed by atoms with Crippen molar-refractivity contribution in [2.24, 2.45) is 0 Å². The third kappa shape index (κ3) is 5.61. The number of carbonyl (C=O) groups is 1. The number of sulfonamides is 1. The highest BCUT2D eigenvalue weighted by Crippen LogP contribution is 2.23. The van der Waals surface area contributed by atoms with Crippen LogP contribution >= 0.6 is 0 Å². The van der Waals surface area contributed by atoms with Crippen molar-refractivity contribution in [3.8, 4) is 5.75 Å². The first-order valence-electron chi connectivity index (χ1n) is 10.4. The van der Waals surface area contributed by atoms with Crippen LogP contribution in [0.5, 0.6) is 5.75 Å². The summed E-state index contributed by atoms with van der Waals surface area (Å²) in [4.78, 5) is 12.5. The van der Waals surface area contributed by atoms with Crippen LogP contribution in [-0.2, 0) is 21.4 Å². The molecule has 0 atom stereocenters. The average molecular weight is 431 g/mol. The van der Waals surface area contributed by atoms with Gasteiger partial charge in [0, 0.05) is 19.6 Å². The fraction of sp³-hybridized carbons (Fsp3) is 0.435. The second-order valence-corrected chi connectivity index (χ2v) is 9.65. The molecule has 0 aromatic heterocycles. The van der Waals surface area contributed by atoms with Crippen LogP contribution < -0.4 is 10.1 Å². The monoisotopic (exact) mass is 430 g/mol. The number of ether oxygens (including phenoxy) is 1. The van der Waals surface area contributed by atoms with Crippen LogP contribution in [0.25, 0.3) is 0 Å². The lowest BCUT2D eigenvalue weighted by atomic mass is 10.1. The van der Waals surface area contributed by atoms with Crippen LogP contribution in [0.3, 0.4) is 0 Å². The van der Waals surface area contributed by atoms with Gasteiger partial charge in [-0.25, -0.2) is 8.42 Å². The van der Waals surface area contributed by atoms with Crippen molar-refractivity contribution in [1.82, 2.24) is 9.62 Å². The number of carbonyl (C=O) groups excluding carboxylic acids is 1. The number of amides is 1. The highest BCUT2D eigenvalue weighted by molar-refractivity contribution is 7.89. The van der Waals surface area contributed by atoms with E-state index in [2.05, 4.69) is 5.32 Å². The Morgan fingerprint density at radius 2 is 1.70 bits per heavy atom. The van der Waals surface area contributed by atoms with E-state index in [1.807, 2.05) is 38.1 Å². The maximum absolute atomic E-state index is 12.8. The second-order valence-electron chi connectivity index (χ2n) is 7.71. The van der Waals surface area contributed by atoms with Gasteiger partial charge in [-0.1, -0.05) is 36.8 Å². The summed E-state index contributed by atoms with van der Waals surface area (Å²) in [6.07, 6.45) is 3.11. The van der Waals surface area contributed by atoms with E-state index in [1.54, 1.807) is 22.5 Å². The Hall–Kier alpha value is -2.38. The molecule has 1 N–H and O–H groups in total. The molecule has 7 heteroatoms. The molecule has 0 radical (unpaired) electrons. The maximum atomic E-state index is 12.8. The van der Waals surface area contributed by atoms with Crippen LogP contribution in [0.4, 0.5) is 0 Å². The van der Waals surface area contributed by atoms with Gasteiger partial charge in [0.2, 0.25) is 15.9 Å². The van der Waals surface area contributed by atoms with Crippen molar-refractivity contribution in [3.05, 3.63) is 59.2 Å². The molecule has 2 aromatic carbocycles. The third-order valence-corrected chi connectivity index (χ3v) is 7.22. The molecule has 3 rings (SSSR count). The van der Waals surface area contributed by atoms with Gasteiger partial charge in [0.25, 0.3) is 0 Å². The molecule has 30 heavy (non-hydrogen) atoms. The summed E-state index contributed by atoms with van der Waals surface area (Å²) in [6.45, 7) is 5.68. The van der Waals surface area contributed by atoms with Gasteiger partial charge in [-0.05, 0) is 55.5 Å². The van der Waals surface area contributed by atoms with Crippen LogP contribution in [0.1, 0.15) is 42.4 Å². The Kier molecular flexibility index (Phi) is 7.50. The van der Waals surface area contributed by atoms with Crippen LogP contribution in [0, 0.1) is 13.8 Å². The number of hydrogen-bond acceptors (Lipinski definition) is 4. The highest BCUT2D eigenvalue weighted by Gasteiger charge is 2.25. The fourth-order valence-corrected chi connectivity index (χ4v) is 5.22. The van der Waals surface area contributed by atoms with Gasteiger partial charge in [-0.3, -0.25) is 4.79 Å². The molecule has 0 unspecified atom stereocenters. The molecule has 1 heterocycles. The zero-order valence-electron chi connectivity index (χ0n) is 17.7. The van der Waals surface area contributed by atoms with Crippen LogP contribution in [-0.4, -0.2) is 38.3 Å². The quantitative estimate of drug-likeness (QED) is 0.695. The van der Waals surface area contributed by atoms with E-state index < -0.39 is 10.0 Å². The molecular formula is C23H30N2O4S. The van der Waals surface area contributed by atoms with Crippen molar-refractivity contribution >= 4 is 15.9 Å². The van der Waals surface area contributed by atoms with E-state index in [1.165, 1.54) is 0 Å².